The van der Waals surface area contributed by atoms with E-state index in [0.717, 1.165) is 18.4 Å². The van der Waals surface area contributed by atoms with Crippen LogP contribution in [0.3, 0.4) is 0 Å². The van der Waals surface area contributed by atoms with Gasteiger partial charge in [0.25, 0.3) is 0 Å². The van der Waals surface area contributed by atoms with E-state index in [0.29, 0.717) is 12.4 Å². The van der Waals surface area contributed by atoms with Crippen molar-refractivity contribution in [2.24, 2.45) is 0 Å². The minimum absolute atomic E-state index is 0.159. The zero-order valence-electron chi connectivity index (χ0n) is 17.5. The van der Waals surface area contributed by atoms with Crippen LogP contribution in [0.25, 0.3) is 0 Å². The highest BCUT2D eigenvalue weighted by molar-refractivity contribution is 6.70. The molecule has 29 heavy (non-hydrogen) atoms. The van der Waals surface area contributed by atoms with Gasteiger partial charge in [0, 0.05) is 18.7 Å². The van der Waals surface area contributed by atoms with E-state index in [2.05, 4.69) is 60.5 Å². The van der Waals surface area contributed by atoms with Gasteiger partial charge in [0.05, 0.1) is 0 Å². The van der Waals surface area contributed by atoms with E-state index in [9.17, 15) is 4.39 Å². The van der Waals surface area contributed by atoms with Crippen LogP contribution in [0.4, 0.5) is 4.39 Å². The highest BCUT2D eigenvalue weighted by Gasteiger charge is 2.18. The van der Waals surface area contributed by atoms with Crippen molar-refractivity contribution in [3.8, 4) is 5.75 Å². The largest absolute Gasteiger partial charge is 0.492 e. The van der Waals surface area contributed by atoms with Crippen molar-refractivity contribution in [2.75, 3.05) is 13.7 Å². The maximum atomic E-state index is 14.3. The standard InChI is InChI=1S/C25H29BFNO/c1-26(2)24-15-14-23(17-25(24)27)29-19-22(16-20-10-6-4-7-11-20)28(3)18-21-12-8-5-9-13-21/h4-15,17,22H,16,18-19H2,1-3H3/t22-/m0/s1. The second-order valence-electron chi connectivity index (χ2n) is 7.89. The van der Waals surface area contributed by atoms with Crippen LogP contribution in [0.1, 0.15) is 11.1 Å². The SMILES string of the molecule is CB(C)c1ccc(OC[C@H](Cc2ccccc2)N(C)Cc2ccccc2)cc1F. The van der Waals surface area contributed by atoms with E-state index in [1.807, 2.05) is 37.9 Å². The molecule has 3 rings (SSSR count). The van der Waals surface area contributed by atoms with Crippen molar-refractivity contribution < 1.29 is 9.13 Å². The van der Waals surface area contributed by atoms with Gasteiger partial charge in [-0.1, -0.05) is 80.4 Å². The lowest BCUT2D eigenvalue weighted by Crippen LogP contribution is -2.38. The van der Waals surface area contributed by atoms with E-state index in [1.54, 1.807) is 0 Å². The molecule has 0 heterocycles. The van der Waals surface area contributed by atoms with E-state index in [-0.39, 0.29) is 18.6 Å². The molecule has 0 aliphatic heterocycles. The molecule has 0 aromatic heterocycles. The Morgan fingerprint density at radius 3 is 2.10 bits per heavy atom. The molecule has 4 heteroatoms. The van der Waals surface area contributed by atoms with E-state index in [4.69, 9.17) is 4.74 Å². The summed E-state index contributed by atoms with van der Waals surface area (Å²) in [6, 6.07) is 26.2. The molecule has 0 bridgehead atoms. The summed E-state index contributed by atoms with van der Waals surface area (Å²) in [4.78, 5) is 2.31. The normalized spacial score (nSPS) is 12.0. The van der Waals surface area contributed by atoms with Gasteiger partial charge < -0.3 is 4.74 Å². The number of halogens is 1. The molecule has 0 spiro atoms. The molecule has 150 valence electrons. The molecule has 0 saturated carbocycles. The van der Waals surface area contributed by atoms with Crippen LogP contribution in [-0.4, -0.2) is 31.3 Å². The van der Waals surface area contributed by atoms with Crippen LogP contribution >= 0.6 is 0 Å². The first-order valence-electron chi connectivity index (χ1n) is 10.2. The number of ether oxygens (including phenoxy) is 1. The maximum Gasteiger partial charge on any atom is 0.173 e. The zero-order valence-corrected chi connectivity index (χ0v) is 17.5. The maximum absolute atomic E-state index is 14.3. The number of rotatable bonds is 9. The minimum atomic E-state index is -0.199. The third-order valence-corrected chi connectivity index (χ3v) is 5.25. The molecule has 0 aliphatic rings. The third-order valence-electron chi connectivity index (χ3n) is 5.25. The molecule has 0 fully saturated rings. The van der Waals surface area contributed by atoms with Crippen molar-refractivity contribution >= 4 is 12.2 Å². The van der Waals surface area contributed by atoms with Gasteiger partial charge in [0.2, 0.25) is 0 Å². The summed E-state index contributed by atoms with van der Waals surface area (Å²) in [6.45, 7) is 5.48. The molecule has 1 atom stereocenters. The summed E-state index contributed by atoms with van der Waals surface area (Å²) in [5.74, 6) is 0.382. The van der Waals surface area contributed by atoms with Crippen LogP contribution < -0.4 is 10.2 Å². The fourth-order valence-electron chi connectivity index (χ4n) is 3.49. The topological polar surface area (TPSA) is 12.5 Å². The Kier molecular flexibility index (Phi) is 7.48. The van der Waals surface area contributed by atoms with Gasteiger partial charge in [-0.25, -0.2) is 4.39 Å². The molecule has 0 amide bonds. The Morgan fingerprint density at radius 2 is 1.52 bits per heavy atom. The number of likely N-dealkylation sites (N-methyl/N-ethyl adjacent to an activating group) is 1. The molecule has 0 N–H and O–H groups in total. The van der Waals surface area contributed by atoms with Gasteiger partial charge in [0.15, 0.2) is 6.71 Å². The van der Waals surface area contributed by atoms with Crippen molar-refractivity contribution in [2.45, 2.75) is 32.7 Å². The van der Waals surface area contributed by atoms with Gasteiger partial charge in [-0.15, -0.1) is 0 Å². The quantitative estimate of drug-likeness (QED) is 0.482. The highest BCUT2D eigenvalue weighted by Crippen LogP contribution is 2.16. The summed E-state index contributed by atoms with van der Waals surface area (Å²) in [7, 11) is 2.12. The average molecular weight is 389 g/mol. The third kappa shape index (κ3) is 6.20. The van der Waals surface area contributed by atoms with Crippen LogP contribution in [0.5, 0.6) is 5.75 Å². The molecular formula is C25H29BFNO. The minimum Gasteiger partial charge on any atom is -0.492 e. The number of benzene rings is 3. The van der Waals surface area contributed by atoms with Gasteiger partial charge in [0.1, 0.15) is 18.2 Å². The van der Waals surface area contributed by atoms with Gasteiger partial charge in [-0.3, -0.25) is 4.90 Å². The fraction of sp³-hybridized carbons (Fsp3) is 0.280. The second kappa shape index (κ2) is 10.3. The second-order valence-corrected chi connectivity index (χ2v) is 7.89. The summed E-state index contributed by atoms with van der Waals surface area (Å²) < 4.78 is 20.4. The lowest BCUT2D eigenvalue weighted by atomic mass is 9.49. The average Bonchev–Trinajstić information content (AvgIpc) is 2.72. The van der Waals surface area contributed by atoms with Crippen molar-refractivity contribution in [3.05, 3.63) is 95.8 Å². The fourth-order valence-corrected chi connectivity index (χ4v) is 3.49. The van der Waals surface area contributed by atoms with E-state index in [1.165, 1.54) is 17.2 Å². The van der Waals surface area contributed by atoms with Crippen molar-refractivity contribution in [1.29, 1.82) is 0 Å². The molecular weight excluding hydrogens is 360 g/mol. The lowest BCUT2D eigenvalue weighted by Gasteiger charge is -2.28. The molecule has 3 aromatic carbocycles. The van der Waals surface area contributed by atoms with E-state index < -0.39 is 0 Å². The molecule has 0 aliphatic carbocycles. The lowest BCUT2D eigenvalue weighted by molar-refractivity contribution is 0.154. The predicted molar refractivity (Wildman–Crippen MR) is 121 cm³/mol. The van der Waals surface area contributed by atoms with Gasteiger partial charge in [-0.2, -0.15) is 0 Å². The Balaban J connectivity index is 1.71. The first kappa shape index (κ1) is 21.1. The highest BCUT2D eigenvalue weighted by atomic mass is 19.1. The van der Waals surface area contributed by atoms with Crippen molar-refractivity contribution in [3.63, 3.8) is 0 Å². The molecule has 2 nitrogen and oxygen atoms in total. The summed E-state index contributed by atoms with van der Waals surface area (Å²) in [5, 5.41) is 0. The smallest absolute Gasteiger partial charge is 0.173 e. The number of hydrogen-bond donors (Lipinski definition) is 0. The van der Waals surface area contributed by atoms with Crippen LogP contribution in [0.2, 0.25) is 13.6 Å². The van der Waals surface area contributed by atoms with Crippen LogP contribution in [-0.2, 0) is 13.0 Å². The van der Waals surface area contributed by atoms with E-state index >= 15 is 0 Å². The Morgan fingerprint density at radius 1 is 0.897 bits per heavy atom. The van der Waals surface area contributed by atoms with Crippen LogP contribution in [0.15, 0.2) is 78.9 Å². The summed E-state index contributed by atoms with van der Waals surface area (Å²) >= 11 is 0. The Labute approximate surface area is 174 Å². The number of hydrogen-bond acceptors (Lipinski definition) is 2. The summed E-state index contributed by atoms with van der Waals surface area (Å²) in [6.07, 6.45) is 0.872. The van der Waals surface area contributed by atoms with Gasteiger partial charge >= 0.3 is 0 Å². The zero-order chi connectivity index (χ0) is 20.6. The van der Waals surface area contributed by atoms with Gasteiger partial charge in [-0.05, 0) is 36.1 Å². The molecule has 0 saturated heterocycles. The molecule has 0 radical (unpaired) electrons. The summed E-state index contributed by atoms with van der Waals surface area (Å²) in [5.41, 5.74) is 3.25. The van der Waals surface area contributed by atoms with Crippen molar-refractivity contribution in [1.82, 2.24) is 4.90 Å². The Bertz CT molecular complexity index is 886. The predicted octanol–water partition coefficient (Wildman–Crippen LogP) is 4.91. The molecule has 3 aromatic rings. The first-order valence-corrected chi connectivity index (χ1v) is 10.2. The molecule has 0 unspecified atom stereocenters. The first-order chi connectivity index (χ1) is 14.0. The monoisotopic (exact) mass is 389 g/mol. The Hall–Kier alpha value is -2.59. The van der Waals surface area contributed by atoms with Crippen LogP contribution in [0, 0.1) is 5.82 Å². The number of nitrogens with zero attached hydrogens (tertiary/aromatic N) is 1.